The van der Waals surface area contributed by atoms with Crippen molar-refractivity contribution in [3.8, 4) is 11.8 Å². The highest BCUT2D eigenvalue weighted by Crippen LogP contribution is 2.30. The third kappa shape index (κ3) is 7.13. The summed E-state index contributed by atoms with van der Waals surface area (Å²) in [6, 6.07) is 16.8. The summed E-state index contributed by atoms with van der Waals surface area (Å²) in [7, 11) is 0. The number of carbonyl (C=O) groups is 1. The first kappa shape index (κ1) is 28.5. The molecule has 1 saturated heterocycles. The van der Waals surface area contributed by atoms with E-state index in [1.165, 1.54) is 0 Å². The van der Waals surface area contributed by atoms with Crippen LogP contribution in [0.5, 0.6) is 5.75 Å². The maximum absolute atomic E-state index is 13.0. The second-order valence-electron chi connectivity index (χ2n) is 9.97. The van der Waals surface area contributed by atoms with Crippen LogP contribution in [0.15, 0.2) is 72.2 Å². The summed E-state index contributed by atoms with van der Waals surface area (Å²) in [5.41, 5.74) is 5.41. The Morgan fingerprint density at radius 2 is 2.10 bits per heavy atom. The molecule has 0 bridgehead atoms. The Labute approximate surface area is 236 Å². The molecule has 1 unspecified atom stereocenters. The number of pyridine rings is 1. The van der Waals surface area contributed by atoms with Crippen molar-refractivity contribution in [1.82, 2.24) is 4.98 Å². The van der Waals surface area contributed by atoms with E-state index >= 15 is 0 Å². The van der Waals surface area contributed by atoms with Crippen molar-refractivity contribution >= 4 is 29.6 Å². The smallest absolute Gasteiger partial charge is 0.255 e. The predicted octanol–water partition coefficient (Wildman–Crippen LogP) is 6.56. The molecule has 1 N–H and O–H groups in total. The van der Waals surface area contributed by atoms with Gasteiger partial charge in [0.05, 0.1) is 24.3 Å². The Morgan fingerprint density at radius 1 is 1.30 bits per heavy atom. The molecule has 40 heavy (non-hydrogen) atoms. The topological polar surface area (TPSA) is 99.8 Å². The van der Waals surface area contributed by atoms with Crippen LogP contribution in [0.1, 0.15) is 59.7 Å². The van der Waals surface area contributed by atoms with Gasteiger partial charge in [-0.3, -0.25) is 9.78 Å². The van der Waals surface area contributed by atoms with E-state index in [0.717, 1.165) is 59.8 Å². The van der Waals surface area contributed by atoms with E-state index < -0.39 is 0 Å². The zero-order chi connectivity index (χ0) is 28.5. The van der Waals surface area contributed by atoms with Crippen LogP contribution in [0.2, 0.25) is 0 Å². The maximum Gasteiger partial charge on any atom is 0.255 e. The molecule has 3 aromatic rings. The number of rotatable bonds is 10. The van der Waals surface area contributed by atoms with E-state index in [1.54, 1.807) is 35.6 Å². The van der Waals surface area contributed by atoms with Crippen LogP contribution in [0.4, 0.5) is 11.4 Å². The molecular weight excluding hydrogens is 502 g/mol. The number of nitriles is 1. The molecule has 1 aliphatic rings. The summed E-state index contributed by atoms with van der Waals surface area (Å²) < 4.78 is 11.7. The van der Waals surface area contributed by atoms with E-state index in [0.29, 0.717) is 23.8 Å². The lowest BCUT2D eigenvalue weighted by Crippen LogP contribution is -2.21. The van der Waals surface area contributed by atoms with Gasteiger partial charge in [0.25, 0.3) is 5.91 Å². The molecule has 206 valence electrons. The number of amides is 1. The van der Waals surface area contributed by atoms with E-state index in [2.05, 4.69) is 28.2 Å². The molecule has 4 rings (SSSR count). The lowest BCUT2D eigenvalue weighted by atomic mass is 10.00. The van der Waals surface area contributed by atoms with Crippen LogP contribution in [0, 0.1) is 24.2 Å². The van der Waals surface area contributed by atoms with Crippen LogP contribution < -0.4 is 15.1 Å². The number of benzene rings is 2. The fourth-order valence-corrected chi connectivity index (χ4v) is 4.52. The van der Waals surface area contributed by atoms with Crippen molar-refractivity contribution in [2.75, 3.05) is 30.1 Å². The molecule has 2 heterocycles. The Hall–Kier alpha value is -4.48. The second kappa shape index (κ2) is 13.5. The zero-order valence-electron chi connectivity index (χ0n) is 23.3. The number of hydrogen-bond acceptors (Lipinski definition) is 7. The summed E-state index contributed by atoms with van der Waals surface area (Å²) in [6.45, 7) is 11.7. The van der Waals surface area contributed by atoms with Gasteiger partial charge in [-0.2, -0.15) is 10.4 Å². The summed E-state index contributed by atoms with van der Waals surface area (Å²) >= 11 is 0. The Balaban J connectivity index is 1.53. The maximum atomic E-state index is 13.0. The van der Waals surface area contributed by atoms with Crippen molar-refractivity contribution < 1.29 is 14.3 Å². The molecule has 0 radical (unpaired) electrons. The normalized spacial score (nSPS) is 14.6. The number of aromatic nitrogens is 1. The fourth-order valence-electron chi connectivity index (χ4n) is 4.52. The molecule has 0 aliphatic carbocycles. The highest BCUT2D eigenvalue weighted by atomic mass is 16.5. The summed E-state index contributed by atoms with van der Waals surface area (Å²) in [4.78, 5) is 17.3. The first-order valence-corrected chi connectivity index (χ1v) is 13.4. The van der Waals surface area contributed by atoms with Gasteiger partial charge in [0, 0.05) is 55.3 Å². The lowest BCUT2D eigenvalue weighted by molar-refractivity contribution is 0.0497. The van der Waals surface area contributed by atoms with Gasteiger partial charge in [-0.15, -0.1) is 0 Å². The van der Waals surface area contributed by atoms with Crippen molar-refractivity contribution in [2.45, 2.75) is 39.5 Å². The standard InChI is InChI=1S/C32H35N5O3/c1-22-8-9-28(36-32(38)27-7-5-6-26(16-27)23(2)18-33)17-30(22)37(34-4)20-24(3)29-19-35-13-10-31(29)40-21-25-11-14-39-15-12-25/h5-10,13,16-17,19-20,23,25H,4,11-12,14-15,21H2,1-3H3,(H,36,38)/b24-20+. The molecule has 2 aromatic carbocycles. The zero-order valence-corrected chi connectivity index (χ0v) is 23.3. The minimum Gasteiger partial charge on any atom is -0.493 e. The minimum absolute atomic E-state index is 0.256. The van der Waals surface area contributed by atoms with E-state index in [9.17, 15) is 10.1 Å². The van der Waals surface area contributed by atoms with Gasteiger partial charge in [-0.05, 0) is 86.6 Å². The van der Waals surface area contributed by atoms with Crippen molar-refractivity contribution in [3.05, 3.63) is 89.4 Å². The van der Waals surface area contributed by atoms with Gasteiger partial charge in [-0.25, -0.2) is 5.01 Å². The number of carbonyl (C=O) groups excluding carboxylic acids is 1. The van der Waals surface area contributed by atoms with Crippen molar-refractivity contribution in [2.24, 2.45) is 11.0 Å². The van der Waals surface area contributed by atoms with E-state index in [4.69, 9.17) is 9.47 Å². The first-order chi connectivity index (χ1) is 19.4. The third-order valence-corrected chi connectivity index (χ3v) is 7.05. The van der Waals surface area contributed by atoms with Crippen LogP contribution in [0.25, 0.3) is 5.57 Å². The highest BCUT2D eigenvalue weighted by molar-refractivity contribution is 6.04. The van der Waals surface area contributed by atoms with Crippen molar-refractivity contribution in [1.29, 1.82) is 5.26 Å². The summed E-state index contributed by atoms with van der Waals surface area (Å²) in [6.07, 6.45) is 7.40. The SMILES string of the molecule is C=NN(/C=C(\C)c1cnccc1OCC1CCOCC1)c1cc(NC(=O)c2cccc(C(C)C#N)c2)ccc1C. The van der Waals surface area contributed by atoms with Crippen LogP contribution >= 0.6 is 0 Å². The van der Waals surface area contributed by atoms with Crippen LogP contribution in [0.3, 0.4) is 0 Å². The average molecular weight is 538 g/mol. The number of hydrazone groups is 1. The Kier molecular flexibility index (Phi) is 9.66. The van der Waals surface area contributed by atoms with Gasteiger partial charge in [0.2, 0.25) is 0 Å². The second-order valence-corrected chi connectivity index (χ2v) is 9.97. The molecule has 1 fully saturated rings. The molecule has 1 aromatic heterocycles. The number of nitrogens with one attached hydrogen (secondary N) is 1. The van der Waals surface area contributed by atoms with Gasteiger partial charge < -0.3 is 14.8 Å². The fraction of sp³-hybridized carbons (Fsp3) is 0.312. The molecule has 8 heteroatoms. The third-order valence-electron chi connectivity index (χ3n) is 7.05. The number of hydrogen-bond donors (Lipinski definition) is 1. The minimum atomic E-state index is -0.298. The molecule has 8 nitrogen and oxygen atoms in total. The average Bonchev–Trinajstić information content (AvgIpc) is 3.00. The first-order valence-electron chi connectivity index (χ1n) is 13.4. The molecule has 0 spiro atoms. The van der Waals surface area contributed by atoms with Gasteiger partial charge in [0.15, 0.2) is 0 Å². The molecular formula is C32H35N5O3. The number of aryl methyl sites for hydroxylation is 1. The molecule has 1 aliphatic heterocycles. The number of ether oxygens (including phenoxy) is 2. The van der Waals surface area contributed by atoms with E-state index in [-0.39, 0.29) is 11.8 Å². The van der Waals surface area contributed by atoms with Crippen LogP contribution in [-0.2, 0) is 4.74 Å². The Morgan fingerprint density at radius 3 is 2.85 bits per heavy atom. The van der Waals surface area contributed by atoms with Crippen LogP contribution in [-0.4, -0.2) is 37.4 Å². The lowest BCUT2D eigenvalue weighted by Gasteiger charge is -2.23. The quantitative estimate of drug-likeness (QED) is 0.232. The highest BCUT2D eigenvalue weighted by Gasteiger charge is 2.17. The monoisotopic (exact) mass is 537 g/mol. The number of nitrogens with zero attached hydrogens (tertiary/aromatic N) is 4. The predicted molar refractivity (Wildman–Crippen MR) is 159 cm³/mol. The van der Waals surface area contributed by atoms with Gasteiger partial charge >= 0.3 is 0 Å². The number of allylic oxidation sites excluding steroid dienone is 1. The summed E-state index contributed by atoms with van der Waals surface area (Å²) in [5, 5.41) is 18.1. The van der Waals surface area contributed by atoms with E-state index in [1.807, 2.05) is 57.3 Å². The van der Waals surface area contributed by atoms with Gasteiger partial charge in [0.1, 0.15) is 5.75 Å². The number of anilines is 2. The van der Waals surface area contributed by atoms with Gasteiger partial charge in [-0.1, -0.05) is 18.2 Å². The van der Waals surface area contributed by atoms with Crippen molar-refractivity contribution in [3.63, 3.8) is 0 Å². The Bertz CT molecular complexity index is 1420. The molecule has 0 saturated carbocycles. The molecule has 1 amide bonds. The largest absolute Gasteiger partial charge is 0.493 e. The molecule has 1 atom stereocenters. The summed E-state index contributed by atoms with van der Waals surface area (Å²) in [5.74, 6) is 0.690.